The molecule has 0 aliphatic carbocycles. The SMILES string of the molecule is O=C(O)Cc1c(F)ccc(O)c1O. The molecule has 0 aromatic heterocycles. The highest BCUT2D eigenvalue weighted by Gasteiger charge is 2.14. The number of benzene rings is 1. The van der Waals surface area contributed by atoms with E-state index in [1.165, 1.54) is 0 Å². The van der Waals surface area contributed by atoms with Gasteiger partial charge >= 0.3 is 5.97 Å². The first kappa shape index (κ1) is 9.31. The molecular formula is C8H7FO4. The first-order chi connectivity index (χ1) is 6.02. The molecule has 0 saturated carbocycles. The number of hydrogen-bond donors (Lipinski definition) is 3. The van der Waals surface area contributed by atoms with E-state index < -0.39 is 35.3 Å². The van der Waals surface area contributed by atoms with E-state index in [-0.39, 0.29) is 0 Å². The van der Waals surface area contributed by atoms with Crippen LogP contribution in [0.15, 0.2) is 12.1 Å². The standard InChI is InChI=1S/C8H7FO4/c9-5-1-2-6(10)8(13)4(5)3-7(11)12/h1-2,10,13H,3H2,(H,11,12). The lowest BCUT2D eigenvalue weighted by molar-refractivity contribution is -0.136. The molecule has 13 heavy (non-hydrogen) atoms. The van der Waals surface area contributed by atoms with Crippen molar-refractivity contribution >= 4 is 5.97 Å². The molecule has 0 aliphatic heterocycles. The molecule has 3 N–H and O–H groups in total. The van der Waals surface area contributed by atoms with Gasteiger partial charge in [0.25, 0.3) is 0 Å². The molecule has 0 spiro atoms. The maximum absolute atomic E-state index is 12.9. The average molecular weight is 186 g/mol. The van der Waals surface area contributed by atoms with Gasteiger partial charge in [-0.1, -0.05) is 0 Å². The van der Waals surface area contributed by atoms with Gasteiger partial charge in [0.05, 0.1) is 6.42 Å². The highest BCUT2D eigenvalue weighted by Crippen LogP contribution is 2.30. The van der Waals surface area contributed by atoms with Gasteiger partial charge in [-0.25, -0.2) is 4.39 Å². The summed E-state index contributed by atoms with van der Waals surface area (Å²) >= 11 is 0. The van der Waals surface area contributed by atoms with Gasteiger partial charge in [0.2, 0.25) is 0 Å². The summed E-state index contributed by atoms with van der Waals surface area (Å²) < 4.78 is 12.9. The van der Waals surface area contributed by atoms with E-state index in [1.807, 2.05) is 0 Å². The Morgan fingerprint density at radius 2 is 2.00 bits per heavy atom. The second-order valence-corrected chi connectivity index (χ2v) is 2.46. The monoisotopic (exact) mass is 186 g/mol. The van der Waals surface area contributed by atoms with E-state index in [1.54, 1.807) is 0 Å². The Labute approximate surface area is 72.9 Å². The van der Waals surface area contributed by atoms with Crippen molar-refractivity contribution in [2.45, 2.75) is 6.42 Å². The van der Waals surface area contributed by atoms with E-state index in [0.29, 0.717) is 0 Å². The molecule has 1 rings (SSSR count). The lowest BCUT2D eigenvalue weighted by Gasteiger charge is -2.04. The highest BCUT2D eigenvalue weighted by molar-refractivity contribution is 5.72. The average Bonchev–Trinajstić information content (AvgIpc) is 2.05. The van der Waals surface area contributed by atoms with E-state index in [9.17, 15) is 9.18 Å². The fourth-order valence-electron chi connectivity index (χ4n) is 0.919. The number of phenolic OH excluding ortho intramolecular Hbond substituents is 2. The van der Waals surface area contributed by atoms with Crippen LogP contribution in [-0.4, -0.2) is 21.3 Å². The molecule has 0 amide bonds. The zero-order chi connectivity index (χ0) is 10.0. The molecule has 70 valence electrons. The zero-order valence-corrected chi connectivity index (χ0v) is 6.49. The first-order valence-corrected chi connectivity index (χ1v) is 3.43. The van der Waals surface area contributed by atoms with E-state index in [2.05, 4.69) is 0 Å². The minimum Gasteiger partial charge on any atom is -0.504 e. The fourth-order valence-corrected chi connectivity index (χ4v) is 0.919. The Morgan fingerprint density at radius 3 is 2.54 bits per heavy atom. The fraction of sp³-hybridized carbons (Fsp3) is 0.125. The molecular weight excluding hydrogens is 179 g/mol. The molecule has 0 atom stereocenters. The van der Waals surface area contributed by atoms with Crippen molar-refractivity contribution in [2.75, 3.05) is 0 Å². The molecule has 0 heterocycles. The van der Waals surface area contributed by atoms with E-state index in [0.717, 1.165) is 12.1 Å². The number of halogens is 1. The minimum atomic E-state index is -1.28. The van der Waals surface area contributed by atoms with Gasteiger partial charge in [-0.2, -0.15) is 0 Å². The third-order valence-corrected chi connectivity index (χ3v) is 1.53. The molecule has 1 aromatic carbocycles. The van der Waals surface area contributed by atoms with E-state index in [4.69, 9.17) is 15.3 Å². The molecule has 0 fully saturated rings. The van der Waals surface area contributed by atoms with Crippen LogP contribution >= 0.6 is 0 Å². The molecule has 4 nitrogen and oxygen atoms in total. The second-order valence-electron chi connectivity index (χ2n) is 2.46. The van der Waals surface area contributed by atoms with Gasteiger partial charge in [0.15, 0.2) is 11.5 Å². The van der Waals surface area contributed by atoms with Crippen LogP contribution in [-0.2, 0) is 11.2 Å². The quantitative estimate of drug-likeness (QED) is 0.598. The Morgan fingerprint density at radius 1 is 1.38 bits per heavy atom. The lowest BCUT2D eigenvalue weighted by atomic mass is 10.1. The smallest absolute Gasteiger partial charge is 0.308 e. The van der Waals surface area contributed by atoms with Gasteiger partial charge in [-0.05, 0) is 12.1 Å². The topological polar surface area (TPSA) is 77.8 Å². The number of rotatable bonds is 2. The van der Waals surface area contributed by atoms with Crippen molar-refractivity contribution < 1.29 is 24.5 Å². The van der Waals surface area contributed by atoms with E-state index >= 15 is 0 Å². The molecule has 5 heteroatoms. The Bertz CT molecular complexity index is 348. The summed E-state index contributed by atoms with van der Waals surface area (Å²) in [6.07, 6.45) is -0.661. The first-order valence-electron chi connectivity index (χ1n) is 3.43. The summed E-state index contributed by atoms with van der Waals surface area (Å²) in [5.74, 6) is -3.38. The number of carboxylic acids is 1. The third kappa shape index (κ3) is 1.87. The molecule has 0 radical (unpaired) electrons. The molecule has 0 saturated heterocycles. The van der Waals surface area contributed by atoms with Crippen LogP contribution < -0.4 is 0 Å². The van der Waals surface area contributed by atoms with Crippen molar-refractivity contribution in [1.29, 1.82) is 0 Å². The van der Waals surface area contributed by atoms with Gasteiger partial charge in [-0.3, -0.25) is 4.79 Å². The lowest BCUT2D eigenvalue weighted by Crippen LogP contribution is -2.02. The van der Waals surface area contributed by atoms with Crippen molar-refractivity contribution in [3.05, 3.63) is 23.5 Å². The third-order valence-electron chi connectivity index (χ3n) is 1.53. The van der Waals surface area contributed by atoms with Gasteiger partial charge < -0.3 is 15.3 Å². The number of aromatic hydroxyl groups is 2. The molecule has 1 aromatic rings. The Hall–Kier alpha value is -1.78. The van der Waals surface area contributed by atoms with Crippen molar-refractivity contribution in [3.8, 4) is 11.5 Å². The van der Waals surface area contributed by atoms with Crippen LogP contribution in [0, 0.1) is 5.82 Å². The number of carboxylic acid groups (broad SMARTS) is 1. The predicted molar refractivity (Wildman–Crippen MR) is 41.1 cm³/mol. The summed E-state index contributed by atoms with van der Waals surface area (Å²) in [5.41, 5.74) is -0.410. The normalized spacial score (nSPS) is 9.92. The maximum atomic E-state index is 12.9. The van der Waals surface area contributed by atoms with Crippen LogP contribution in [0.4, 0.5) is 4.39 Å². The van der Waals surface area contributed by atoms with Crippen LogP contribution in [0.25, 0.3) is 0 Å². The second kappa shape index (κ2) is 3.30. The Balaban J connectivity index is 3.17. The zero-order valence-electron chi connectivity index (χ0n) is 6.49. The van der Waals surface area contributed by atoms with Crippen LogP contribution in [0.2, 0.25) is 0 Å². The van der Waals surface area contributed by atoms with Crippen LogP contribution in [0.5, 0.6) is 11.5 Å². The number of phenols is 2. The summed E-state index contributed by atoms with van der Waals surface area (Å²) in [4.78, 5) is 10.2. The largest absolute Gasteiger partial charge is 0.504 e. The highest BCUT2D eigenvalue weighted by atomic mass is 19.1. The van der Waals surface area contributed by atoms with Gasteiger partial charge in [-0.15, -0.1) is 0 Å². The summed E-state index contributed by atoms with van der Waals surface area (Å²) in [6.45, 7) is 0. The Kier molecular flexibility index (Phi) is 2.36. The van der Waals surface area contributed by atoms with Gasteiger partial charge in [0, 0.05) is 5.56 Å². The summed E-state index contributed by atoms with van der Waals surface area (Å²) in [7, 11) is 0. The maximum Gasteiger partial charge on any atom is 0.308 e. The predicted octanol–water partition coefficient (Wildman–Crippen LogP) is 0.864. The van der Waals surface area contributed by atoms with Crippen molar-refractivity contribution in [1.82, 2.24) is 0 Å². The molecule has 0 unspecified atom stereocenters. The van der Waals surface area contributed by atoms with Crippen LogP contribution in [0.1, 0.15) is 5.56 Å². The minimum absolute atomic E-state index is 0.410. The number of hydrogen-bond acceptors (Lipinski definition) is 3. The summed E-state index contributed by atoms with van der Waals surface area (Å²) in [6, 6.07) is 1.85. The summed E-state index contributed by atoms with van der Waals surface area (Å²) in [5, 5.41) is 26.3. The number of carbonyl (C=O) groups is 1. The van der Waals surface area contributed by atoms with Crippen molar-refractivity contribution in [3.63, 3.8) is 0 Å². The van der Waals surface area contributed by atoms with Crippen molar-refractivity contribution in [2.24, 2.45) is 0 Å². The van der Waals surface area contributed by atoms with Gasteiger partial charge in [0.1, 0.15) is 5.82 Å². The number of aliphatic carboxylic acids is 1. The molecule has 0 bridgehead atoms. The van der Waals surface area contributed by atoms with Crippen LogP contribution in [0.3, 0.4) is 0 Å². The molecule has 0 aliphatic rings.